The van der Waals surface area contributed by atoms with Gasteiger partial charge in [-0.15, -0.1) is 0 Å². The van der Waals surface area contributed by atoms with Gasteiger partial charge in [-0.1, -0.05) is 30.3 Å². The Morgan fingerprint density at radius 3 is 2.55 bits per heavy atom. The molecule has 1 aromatic heterocycles. The van der Waals surface area contributed by atoms with E-state index in [4.69, 9.17) is 14.6 Å². The number of rotatable bonds is 4. The average molecular weight is 411 g/mol. The Labute approximate surface area is 167 Å². The summed E-state index contributed by atoms with van der Waals surface area (Å²) < 4.78 is 45.3. The molecule has 2 aromatic rings. The van der Waals surface area contributed by atoms with E-state index in [9.17, 15) is 13.2 Å². The molecular weight excluding hydrogens is 387 g/mol. The third-order valence-corrected chi connectivity index (χ3v) is 4.14. The molecule has 1 aromatic carbocycles. The van der Waals surface area contributed by atoms with Crippen LogP contribution in [0.15, 0.2) is 42.5 Å². The largest absolute Gasteiger partial charge is 0.481 e. The minimum absolute atomic E-state index is 0.0144. The summed E-state index contributed by atoms with van der Waals surface area (Å²) in [6.45, 7) is 5.23. The molecule has 3 rings (SSSR count). The van der Waals surface area contributed by atoms with Crippen molar-refractivity contribution in [1.29, 1.82) is 0 Å². The van der Waals surface area contributed by atoms with E-state index in [1.165, 1.54) is 0 Å². The van der Waals surface area contributed by atoms with Gasteiger partial charge in [-0.2, -0.15) is 18.2 Å². The van der Waals surface area contributed by atoms with Crippen LogP contribution in [0.3, 0.4) is 0 Å². The first kappa shape index (κ1) is 22.5. The van der Waals surface area contributed by atoms with Crippen LogP contribution in [0.25, 0.3) is 0 Å². The topological polar surface area (TPSA) is 74.7 Å². The zero-order chi connectivity index (χ0) is 21.4. The highest BCUT2D eigenvalue weighted by atomic mass is 19.4. The summed E-state index contributed by atoms with van der Waals surface area (Å²) in [6.07, 6.45) is -4.44. The van der Waals surface area contributed by atoms with Gasteiger partial charge in [0.15, 0.2) is 0 Å². The van der Waals surface area contributed by atoms with Crippen LogP contribution in [0.5, 0.6) is 5.88 Å². The van der Waals surface area contributed by atoms with Gasteiger partial charge in [-0.3, -0.25) is 4.79 Å². The van der Waals surface area contributed by atoms with Gasteiger partial charge in [0.05, 0.1) is 5.56 Å². The number of carbonyl (C=O) groups is 1. The Hall–Kier alpha value is -2.81. The van der Waals surface area contributed by atoms with Crippen molar-refractivity contribution in [3.63, 3.8) is 0 Å². The molecular formula is C20H24F3N3O3. The SMILES string of the molecule is CC(=O)O.CC1CNCCN1c1cc(C(F)(F)F)cc(OCc2ccccc2)n1. The lowest BCUT2D eigenvalue weighted by atomic mass is 10.2. The van der Waals surface area contributed by atoms with Crippen molar-refractivity contribution in [3.05, 3.63) is 53.6 Å². The number of nitrogens with one attached hydrogen (secondary N) is 1. The van der Waals surface area contributed by atoms with E-state index in [-0.39, 0.29) is 18.5 Å². The summed E-state index contributed by atoms with van der Waals surface area (Å²) >= 11 is 0. The minimum Gasteiger partial charge on any atom is -0.481 e. The lowest BCUT2D eigenvalue weighted by molar-refractivity contribution is -0.138. The van der Waals surface area contributed by atoms with Crippen LogP contribution in [0.4, 0.5) is 19.0 Å². The minimum atomic E-state index is -4.44. The van der Waals surface area contributed by atoms with Crippen molar-refractivity contribution in [2.75, 3.05) is 24.5 Å². The van der Waals surface area contributed by atoms with Crippen molar-refractivity contribution in [2.45, 2.75) is 32.7 Å². The van der Waals surface area contributed by atoms with Gasteiger partial charge in [0, 0.05) is 38.7 Å². The average Bonchev–Trinajstić information content (AvgIpc) is 2.66. The van der Waals surface area contributed by atoms with E-state index in [0.29, 0.717) is 25.5 Å². The highest BCUT2D eigenvalue weighted by molar-refractivity contribution is 5.62. The number of pyridine rings is 1. The number of hydrogen-bond donors (Lipinski definition) is 2. The molecule has 2 heterocycles. The fourth-order valence-electron chi connectivity index (χ4n) is 2.79. The Morgan fingerprint density at radius 2 is 1.97 bits per heavy atom. The number of hydrogen-bond acceptors (Lipinski definition) is 5. The summed E-state index contributed by atoms with van der Waals surface area (Å²) in [7, 11) is 0. The third kappa shape index (κ3) is 7.26. The Bertz CT molecular complexity index is 797. The maximum Gasteiger partial charge on any atom is 0.416 e. The second-order valence-corrected chi connectivity index (χ2v) is 6.59. The molecule has 158 valence electrons. The number of halogens is 3. The van der Waals surface area contributed by atoms with Crippen LogP contribution >= 0.6 is 0 Å². The van der Waals surface area contributed by atoms with Crippen LogP contribution in [0, 0.1) is 0 Å². The van der Waals surface area contributed by atoms with Crippen molar-refractivity contribution >= 4 is 11.8 Å². The third-order valence-electron chi connectivity index (χ3n) is 4.14. The molecule has 9 heteroatoms. The van der Waals surface area contributed by atoms with Crippen molar-refractivity contribution < 1.29 is 27.8 Å². The first-order valence-corrected chi connectivity index (χ1v) is 9.09. The van der Waals surface area contributed by atoms with E-state index in [1.807, 2.05) is 42.2 Å². The molecule has 1 saturated heterocycles. The fraction of sp³-hybridized carbons (Fsp3) is 0.400. The summed E-state index contributed by atoms with van der Waals surface area (Å²) in [4.78, 5) is 15.2. The molecule has 1 unspecified atom stereocenters. The maximum absolute atomic E-state index is 13.3. The van der Waals surface area contributed by atoms with Gasteiger partial charge in [0.2, 0.25) is 5.88 Å². The number of carboxylic acid groups (broad SMARTS) is 1. The Morgan fingerprint density at radius 1 is 1.31 bits per heavy atom. The Kier molecular flexibility index (Phi) is 7.83. The van der Waals surface area contributed by atoms with Gasteiger partial charge < -0.3 is 20.1 Å². The zero-order valence-corrected chi connectivity index (χ0v) is 16.2. The highest BCUT2D eigenvalue weighted by Crippen LogP contribution is 2.34. The van der Waals surface area contributed by atoms with E-state index < -0.39 is 17.7 Å². The number of aliphatic carboxylic acids is 1. The molecule has 0 spiro atoms. The summed E-state index contributed by atoms with van der Waals surface area (Å²) in [6, 6.07) is 11.4. The lowest BCUT2D eigenvalue weighted by Gasteiger charge is -2.35. The van der Waals surface area contributed by atoms with E-state index in [1.54, 1.807) is 0 Å². The van der Waals surface area contributed by atoms with Crippen LogP contribution in [-0.2, 0) is 17.6 Å². The fourth-order valence-corrected chi connectivity index (χ4v) is 2.79. The van der Waals surface area contributed by atoms with Crippen LogP contribution in [0.1, 0.15) is 25.0 Å². The molecule has 0 radical (unpaired) electrons. The second-order valence-electron chi connectivity index (χ2n) is 6.59. The number of benzene rings is 1. The molecule has 0 bridgehead atoms. The molecule has 1 atom stereocenters. The van der Waals surface area contributed by atoms with Crippen LogP contribution < -0.4 is 15.0 Å². The van der Waals surface area contributed by atoms with Crippen LogP contribution in [-0.4, -0.2) is 41.7 Å². The van der Waals surface area contributed by atoms with Gasteiger partial charge >= 0.3 is 6.18 Å². The first-order chi connectivity index (χ1) is 13.7. The van der Waals surface area contributed by atoms with E-state index in [2.05, 4.69) is 10.3 Å². The lowest BCUT2D eigenvalue weighted by Crippen LogP contribution is -2.50. The molecule has 0 saturated carbocycles. The molecule has 29 heavy (non-hydrogen) atoms. The normalized spacial score (nSPS) is 16.6. The highest BCUT2D eigenvalue weighted by Gasteiger charge is 2.33. The zero-order valence-electron chi connectivity index (χ0n) is 16.2. The Balaban J connectivity index is 0.000000687. The number of ether oxygens (including phenoxy) is 1. The molecule has 0 aliphatic carbocycles. The number of anilines is 1. The van der Waals surface area contributed by atoms with Crippen molar-refractivity contribution in [2.24, 2.45) is 0 Å². The quantitative estimate of drug-likeness (QED) is 0.801. The van der Waals surface area contributed by atoms with Gasteiger partial charge in [0.25, 0.3) is 5.97 Å². The first-order valence-electron chi connectivity index (χ1n) is 9.09. The molecule has 2 N–H and O–H groups in total. The number of carboxylic acids is 1. The second kappa shape index (κ2) is 10.1. The number of nitrogens with zero attached hydrogens (tertiary/aromatic N) is 2. The predicted molar refractivity (Wildman–Crippen MR) is 103 cm³/mol. The summed E-state index contributed by atoms with van der Waals surface area (Å²) in [5.41, 5.74) is 0.130. The molecule has 6 nitrogen and oxygen atoms in total. The predicted octanol–water partition coefficient (Wildman–Crippen LogP) is 3.57. The number of piperazine rings is 1. The molecule has 1 aliphatic heterocycles. The number of alkyl halides is 3. The monoisotopic (exact) mass is 411 g/mol. The van der Waals surface area contributed by atoms with Crippen LogP contribution in [0.2, 0.25) is 0 Å². The van der Waals surface area contributed by atoms with Gasteiger partial charge in [0.1, 0.15) is 12.4 Å². The van der Waals surface area contributed by atoms with E-state index >= 15 is 0 Å². The molecule has 1 fully saturated rings. The molecule has 1 aliphatic rings. The van der Waals surface area contributed by atoms with Gasteiger partial charge in [-0.05, 0) is 18.6 Å². The standard InChI is InChI=1S/C18H20F3N3O.C2H4O2/c1-13-11-22-7-8-24(13)16-9-15(18(19,20)21)10-17(23-16)25-12-14-5-3-2-4-6-14;1-2(3)4/h2-6,9-10,13,22H,7-8,11-12H2,1H3;1H3,(H,3,4). The van der Waals surface area contributed by atoms with E-state index in [0.717, 1.165) is 24.6 Å². The summed E-state index contributed by atoms with van der Waals surface area (Å²) in [5.74, 6) is -0.550. The van der Waals surface area contributed by atoms with Crippen molar-refractivity contribution in [1.82, 2.24) is 10.3 Å². The summed E-state index contributed by atoms with van der Waals surface area (Å²) in [5, 5.41) is 10.6. The van der Waals surface area contributed by atoms with Gasteiger partial charge in [-0.25, -0.2) is 0 Å². The molecule has 0 amide bonds. The number of aromatic nitrogens is 1. The smallest absolute Gasteiger partial charge is 0.416 e. The van der Waals surface area contributed by atoms with Crippen molar-refractivity contribution in [3.8, 4) is 5.88 Å². The maximum atomic E-state index is 13.3.